The number of aromatic nitrogens is 2. The Hall–Kier alpha value is -2.07. The molecule has 1 aromatic rings. The first kappa shape index (κ1) is 25.0. The Kier molecular flexibility index (Phi) is 10.7. The van der Waals surface area contributed by atoms with E-state index in [-0.39, 0.29) is 13.0 Å². The number of hydrogen-bond donors (Lipinski definition) is 2. The van der Waals surface area contributed by atoms with Crippen molar-refractivity contribution in [3.8, 4) is 0 Å². The molecule has 1 unspecified atom stereocenters. The van der Waals surface area contributed by atoms with Crippen LogP contribution >= 0.6 is 8.25 Å². The standard InChI is InChI=1S/C10H12N5O6P.C6H15N/c1-5-3-15(10(17)12-9(5)16)8-2-6(13-14-11)7(21-8)4-20-22(18)19;1-4-7(5-2)6-3/h3,6-8H,2,4H2,1H3,(H,12,16,17);4-6H2,1-3H3/p+1/t6-,7+,8+;/m0./s1. The second-order valence-electron chi connectivity index (χ2n) is 6.45. The maximum absolute atomic E-state index is 11.8. The van der Waals surface area contributed by atoms with Crippen molar-refractivity contribution in [1.29, 1.82) is 0 Å². The Morgan fingerprint density at radius 3 is 2.52 bits per heavy atom. The molecule has 1 aliphatic heterocycles. The number of rotatable bonds is 8. The summed E-state index contributed by atoms with van der Waals surface area (Å²) in [4.78, 5) is 40.1. The molecule has 162 valence electrons. The van der Waals surface area contributed by atoms with Crippen LogP contribution in [0.4, 0.5) is 0 Å². The van der Waals surface area contributed by atoms with Gasteiger partial charge in [-0.15, -0.1) is 4.52 Å². The van der Waals surface area contributed by atoms with Crippen LogP contribution in [0.25, 0.3) is 10.4 Å². The van der Waals surface area contributed by atoms with Crippen molar-refractivity contribution in [3.05, 3.63) is 43.0 Å². The monoisotopic (exact) mass is 431 g/mol. The van der Waals surface area contributed by atoms with E-state index in [1.165, 1.54) is 32.8 Å². The third-order valence-electron chi connectivity index (χ3n) is 4.70. The molecule has 1 aliphatic rings. The maximum Gasteiger partial charge on any atom is 0.488 e. The third-order valence-corrected chi connectivity index (χ3v) is 5.06. The van der Waals surface area contributed by atoms with Crippen LogP contribution in [-0.2, 0) is 13.8 Å². The number of quaternary nitrogens is 1. The van der Waals surface area contributed by atoms with E-state index >= 15 is 0 Å². The number of nitrogens with zero attached hydrogens (tertiary/aromatic N) is 4. The van der Waals surface area contributed by atoms with Crippen LogP contribution < -0.4 is 21.0 Å². The van der Waals surface area contributed by atoms with Gasteiger partial charge in [-0.3, -0.25) is 14.3 Å². The van der Waals surface area contributed by atoms with E-state index in [4.69, 9.17) is 10.3 Å². The summed E-state index contributed by atoms with van der Waals surface area (Å²) < 4.78 is 21.6. The zero-order valence-electron chi connectivity index (χ0n) is 17.0. The minimum Gasteiger partial charge on any atom is -0.566 e. The molecule has 0 aliphatic carbocycles. The second kappa shape index (κ2) is 12.5. The first-order chi connectivity index (χ1) is 13.8. The summed E-state index contributed by atoms with van der Waals surface area (Å²) in [5.74, 6) is 0. The number of H-pyrrole nitrogens is 1. The van der Waals surface area contributed by atoms with Crippen molar-refractivity contribution in [1.82, 2.24) is 9.55 Å². The van der Waals surface area contributed by atoms with Gasteiger partial charge in [-0.1, -0.05) is 5.11 Å². The molecule has 2 rings (SSSR count). The van der Waals surface area contributed by atoms with E-state index in [0.29, 0.717) is 5.56 Å². The highest BCUT2D eigenvalue weighted by Gasteiger charge is 2.37. The molecule has 2 N–H and O–H groups in total. The minimum absolute atomic E-state index is 0.152. The zero-order chi connectivity index (χ0) is 22.0. The molecule has 2 heterocycles. The summed E-state index contributed by atoms with van der Waals surface area (Å²) in [7, 11) is -3.06. The minimum atomic E-state index is -3.06. The number of aryl methyl sites for hydroxylation is 1. The molecule has 12 nitrogen and oxygen atoms in total. The number of nitrogens with one attached hydrogen (secondary N) is 2. The molecule has 1 fully saturated rings. The van der Waals surface area contributed by atoms with Gasteiger partial charge in [0.2, 0.25) is 0 Å². The van der Waals surface area contributed by atoms with Gasteiger partial charge >= 0.3 is 13.9 Å². The van der Waals surface area contributed by atoms with E-state index in [2.05, 4.69) is 40.3 Å². The summed E-state index contributed by atoms with van der Waals surface area (Å²) in [6.07, 6.45) is -0.125. The third kappa shape index (κ3) is 7.69. The SMILES string of the molecule is CC[NH+](CC)CC.Cc1cn([C@H]2C[C@H](N=[N+]=[N-])[C@@H](CO[P+](=O)[O-])O2)c(=O)[nH]c1=O. The molecule has 1 aromatic heterocycles. The highest BCUT2D eigenvalue weighted by atomic mass is 31.1. The van der Waals surface area contributed by atoms with Gasteiger partial charge in [0, 0.05) is 23.1 Å². The Labute approximate surface area is 169 Å². The molecule has 0 spiro atoms. The Bertz CT molecular complexity index is 826. The molecule has 29 heavy (non-hydrogen) atoms. The topological polar surface area (TPSA) is 167 Å². The molecule has 0 bridgehead atoms. The average Bonchev–Trinajstić information content (AvgIpc) is 3.08. The molecular formula is C16H28N6O6P+. The smallest absolute Gasteiger partial charge is 0.488 e. The van der Waals surface area contributed by atoms with Gasteiger partial charge in [0.15, 0.2) is 0 Å². The molecular weight excluding hydrogens is 403 g/mol. The molecule has 0 aromatic carbocycles. The second-order valence-corrected chi connectivity index (χ2v) is 7.15. The van der Waals surface area contributed by atoms with Crippen LogP contribution in [0.2, 0.25) is 0 Å². The zero-order valence-corrected chi connectivity index (χ0v) is 17.9. The molecule has 1 saturated heterocycles. The van der Waals surface area contributed by atoms with E-state index in [1.54, 1.807) is 4.90 Å². The lowest BCUT2D eigenvalue weighted by molar-refractivity contribution is -0.894. The highest BCUT2D eigenvalue weighted by Crippen LogP contribution is 2.31. The summed E-state index contributed by atoms with van der Waals surface area (Å²) in [5, 5.41) is 3.52. The lowest BCUT2D eigenvalue weighted by Gasteiger charge is -2.15. The van der Waals surface area contributed by atoms with E-state index < -0.39 is 37.9 Å². The molecule has 0 radical (unpaired) electrons. The van der Waals surface area contributed by atoms with Gasteiger partial charge in [0.05, 0.1) is 31.8 Å². The van der Waals surface area contributed by atoms with Gasteiger partial charge in [-0.2, -0.15) is 0 Å². The van der Waals surface area contributed by atoms with Gasteiger partial charge in [-0.25, -0.2) is 4.79 Å². The van der Waals surface area contributed by atoms with E-state index in [9.17, 15) is 19.0 Å². The van der Waals surface area contributed by atoms with Crippen LogP contribution in [0, 0.1) is 6.92 Å². The van der Waals surface area contributed by atoms with Crippen molar-refractivity contribution in [2.24, 2.45) is 5.11 Å². The quantitative estimate of drug-likeness (QED) is 0.250. The Morgan fingerprint density at radius 2 is 2.03 bits per heavy atom. The van der Waals surface area contributed by atoms with Crippen LogP contribution in [0.15, 0.2) is 20.9 Å². The number of hydrogen-bond acceptors (Lipinski definition) is 7. The first-order valence-electron chi connectivity index (χ1n) is 9.39. The van der Waals surface area contributed by atoms with Crippen LogP contribution in [0.5, 0.6) is 0 Å². The lowest BCUT2D eigenvalue weighted by Crippen LogP contribution is -3.11. The fourth-order valence-electron chi connectivity index (χ4n) is 2.91. The fourth-order valence-corrected chi connectivity index (χ4v) is 3.18. The van der Waals surface area contributed by atoms with Crippen LogP contribution in [-0.4, -0.2) is 47.9 Å². The molecule has 0 saturated carbocycles. The number of aromatic amines is 1. The van der Waals surface area contributed by atoms with Crippen molar-refractivity contribution in [2.45, 2.75) is 52.5 Å². The van der Waals surface area contributed by atoms with E-state index in [1.807, 2.05) is 0 Å². The summed E-state index contributed by atoms with van der Waals surface area (Å²) in [6, 6.07) is -0.691. The lowest BCUT2D eigenvalue weighted by atomic mass is 10.1. The summed E-state index contributed by atoms with van der Waals surface area (Å²) in [6.45, 7) is 11.7. The van der Waals surface area contributed by atoms with Crippen molar-refractivity contribution in [3.63, 3.8) is 0 Å². The predicted molar refractivity (Wildman–Crippen MR) is 104 cm³/mol. The molecule has 0 amide bonds. The summed E-state index contributed by atoms with van der Waals surface area (Å²) >= 11 is 0. The largest absolute Gasteiger partial charge is 0.566 e. The van der Waals surface area contributed by atoms with Crippen molar-refractivity contribution < 1.29 is 23.6 Å². The number of ether oxygens (including phenoxy) is 1. The average molecular weight is 431 g/mol. The van der Waals surface area contributed by atoms with Crippen molar-refractivity contribution >= 4 is 8.25 Å². The first-order valence-corrected chi connectivity index (χ1v) is 10.5. The van der Waals surface area contributed by atoms with Crippen LogP contribution in [0.1, 0.15) is 39.0 Å². The van der Waals surface area contributed by atoms with Gasteiger partial charge in [0.1, 0.15) is 12.8 Å². The highest BCUT2D eigenvalue weighted by molar-refractivity contribution is 7.30. The fraction of sp³-hybridized carbons (Fsp3) is 0.750. The Balaban J connectivity index is 0.000000516. The van der Waals surface area contributed by atoms with Crippen LogP contribution in [0.3, 0.4) is 0 Å². The summed E-state index contributed by atoms with van der Waals surface area (Å²) in [5.41, 5.74) is 7.68. The van der Waals surface area contributed by atoms with Crippen molar-refractivity contribution in [2.75, 3.05) is 26.2 Å². The normalized spacial score (nSPS) is 21.3. The maximum atomic E-state index is 11.8. The number of azide groups is 1. The molecule has 13 heteroatoms. The van der Waals surface area contributed by atoms with Gasteiger partial charge in [0.25, 0.3) is 5.56 Å². The van der Waals surface area contributed by atoms with Gasteiger partial charge < -0.3 is 14.5 Å². The predicted octanol–water partition coefficient (Wildman–Crippen LogP) is -0.223. The van der Waals surface area contributed by atoms with Gasteiger partial charge in [-0.05, 0) is 37.8 Å². The van der Waals surface area contributed by atoms with E-state index in [0.717, 1.165) is 4.57 Å². The molecule has 4 atom stereocenters. The Morgan fingerprint density at radius 1 is 1.41 bits per heavy atom.